The zero-order valence-electron chi connectivity index (χ0n) is 19.2. The normalized spacial score (nSPS) is 14.9. The summed E-state index contributed by atoms with van der Waals surface area (Å²) >= 11 is 0. The monoisotopic (exact) mass is 460 g/mol. The fraction of sp³-hybridized carbons (Fsp3) is 0.458. The SMILES string of the molecule is CCOc1ccc(NC(=O)COc2ccccc2C(C)(C)C)cc1S(=O)(=O)N1CCCC1. The van der Waals surface area contributed by atoms with Crippen LogP contribution < -0.4 is 14.8 Å². The molecular weight excluding hydrogens is 428 g/mol. The Balaban J connectivity index is 1.76. The van der Waals surface area contributed by atoms with E-state index in [2.05, 4.69) is 26.1 Å². The topological polar surface area (TPSA) is 84.9 Å². The van der Waals surface area contributed by atoms with Gasteiger partial charge in [0.05, 0.1) is 6.61 Å². The first-order chi connectivity index (χ1) is 15.1. The standard InChI is InChI=1S/C24H32N2O5S/c1-5-30-21-13-12-18(16-22(21)32(28,29)26-14-8-9-15-26)25-23(27)17-31-20-11-7-6-10-19(20)24(2,3)4/h6-7,10-13,16H,5,8-9,14-15,17H2,1-4H3,(H,25,27). The molecule has 0 atom stereocenters. The van der Waals surface area contributed by atoms with Crippen LogP contribution in [0.5, 0.6) is 11.5 Å². The minimum Gasteiger partial charge on any atom is -0.492 e. The molecule has 0 aliphatic carbocycles. The molecule has 1 aliphatic rings. The summed E-state index contributed by atoms with van der Waals surface area (Å²) in [6.45, 7) is 9.18. The van der Waals surface area contributed by atoms with E-state index in [4.69, 9.17) is 9.47 Å². The molecule has 3 rings (SSSR count). The second-order valence-corrected chi connectivity index (χ2v) is 10.7. The molecular formula is C24H32N2O5S. The van der Waals surface area contributed by atoms with Gasteiger partial charge in [-0.25, -0.2) is 8.42 Å². The van der Waals surface area contributed by atoms with Gasteiger partial charge >= 0.3 is 0 Å². The number of carbonyl (C=O) groups is 1. The summed E-state index contributed by atoms with van der Waals surface area (Å²) in [4.78, 5) is 12.6. The zero-order chi connectivity index (χ0) is 23.4. The van der Waals surface area contributed by atoms with Crippen LogP contribution >= 0.6 is 0 Å². The molecule has 7 nitrogen and oxygen atoms in total. The number of ether oxygens (including phenoxy) is 2. The van der Waals surface area contributed by atoms with Crippen LogP contribution in [0.3, 0.4) is 0 Å². The van der Waals surface area contributed by atoms with Crippen LogP contribution in [-0.4, -0.2) is 44.9 Å². The van der Waals surface area contributed by atoms with E-state index in [1.165, 1.54) is 10.4 Å². The van der Waals surface area contributed by atoms with Crippen molar-refractivity contribution in [2.45, 2.75) is 50.8 Å². The van der Waals surface area contributed by atoms with Crippen LogP contribution in [0.4, 0.5) is 5.69 Å². The van der Waals surface area contributed by atoms with E-state index in [1.54, 1.807) is 19.1 Å². The van der Waals surface area contributed by atoms with Gasteiger partial charge in [0, 0.05) is 18.8 Å². The summed E-state index contributed by atoms with van der Waals surface area (Å²) in [5.41, 5.74) is 1.26. The number of rotatable bonds is 8. The Kier molecular flexibility index (Phi) is 7.46. The molecule has 1 fully saturated rings. The Bertz CT molecular complexity index is 1050. The van der Waals surface area contributed by atoms with Gasteiger partial charge in [0.1, 0.15) is 16.4 Å². The number of hydrogen-bond acceptors (Lipinski definition) is 5. The van der Waals surface area contributed by atoms with Crippen molar-refractivity contribution in [2.75, 3.05) is 31.6 Å². The van der Waals surface area contributed by atoms with Crippen molar-refractivity contribution < 1.29 is 22.7 Å². The van der Waals surface area contributed by atoms with Crippen molar-refractivity contribution in [2.24, 2.45) is 0 Å². The zero-order valence-corrected chi connectivity index (χ0v) is 20.0. The maximum atomic E-state index is 13.1. The van der Waals surface area contributed by atoms with Crippen LogP contribution in [0.1, 0.15) is 46.1 Å². The molecule has 0 unspecified atom stereocenters. The van der Waals surface area contributed by atoms with E-state index in [0.29, 0.717) is 31.1 Å². The van der Waals surface area contributed by atoms with Crippen LogP contribution in [-0.2, 0) is 20.2 Å². The van der Waals surface area contributed by atoms with Crippen LogP contribution in [0.2, 0.25) is 0 Å². The Hall–Kier alpha value is -2.58. The molecule has 0 spiro atoms. The number of anilines is 1. The Morgan fingerprint density at radius 2 is 1.72 bits per heavy atom. The number of para-hydroxylation sites is 1. The third-order valence-corrected chi connectivity index (χ3v) is 7.18. The fourth-order valence-electron chi connectivity index (χ4n) is 3.68. The Morgan fingerprint density at radius 3 is 2.38 bits per heavy atom. The van der Waals surface area contributed by atoms with E-state index in [1.807, 2.05) is 24.3 Å². The summed E-state index contributed by atoms with van der Waals surface area (Å²) in [5.74, 6) is 0.564. The van der Waals surface area contributed by atoms with Crippen LogP contribution in [0.15, 0.2) is 47.4 Å². The summed E-state index contributed by atoms with van der Waals surface area (Å²) in [6.07, 6.45) is 1.68. The van der Waals surface area contributed by atoms with E-state index in [9.17, 15) is 13.2 Å². The summed E-state index contributed by atoms with van der Waals surface area (Å²) in [7, 11) is -3.70. The largest absolute Gasteiger partial charge is 0.492 e. The van der Waals surface area contributed by atoms with Crippen LogP contribution in [0, 0.1) is 0 Å². The lowest BCUT2D eigenvalue weighted by molar-refractivity contribution is -0.118. The van der Waals surface area contributed by atoms with Crippen molar-refractivity contribution in [3.05, 3.63) is 48.0 Å². The second-order valence-electron chi connectivity index (χ2n) is 8.79. The van der Waals surface area contributed by atoms with Crippen molar-refractivity contribution >= 4 is 21.6 Å². The lowest BCUT2D eigenvalue weighted by atomic mass is 9.86. The molecule has 1 N–H and O–H groups in total. The van der Waals surface area contributed by atoms with E-state index in [-0.39, 0.29) is 28.6 Å². The summed E-state index contributed by atoms with van der Waals surface area (Å²) in [6, 6.07) is 12.3. The molecule has 1 amide bonds. The predicted octanol–water partition coefficient (Wildman–Crippen LogP) is 4.18. The molecule has 2 aromatic rings. The van der Waals surface area contributed by atoms with E-state index in [0.717, 1.165) is 18.4 Å². The Morgan fingerprint density at radius 1 is 1.03 bits per heavy atom. The highest BCUT2D eigenvalue weighted by atomic mass is 32.2. The molecule has 0 radical (unpaired) electrons. The van der Waals surface area contributed by atoms with Gasteiger partial charge in [-0.15, -0.1) is 0 Å². The third-order valence-electron chi connectivity index (χ3n) is 5.26. The van der Waals surface area contributed by atoms with Gasteiger partial charge in [-0.05, 0) is 55.0 Å². The number of nitrogens with zero attached hydrogens (tertiary/aromatic N) is 1. The van der Waals surface area contributed by atoms with Gasteiger partial charge in [0.2, 0.25) is 10.0 Å². The van der Waals surface area contributed by atoms with Crippen molar-refractivity contribution in [3.8, 4) is 11.5 Å². The highest BCUT2D eigenvalue weighted by Gasteiger charge is 2.30. The first-order valence-corrected chi connectivity index (χ1v) is 12.4. The highest BCUT2D eigenvalue weighted by molar-refractivity contribution is 7.89. The average molecular weight is 461 g/mol. The molecule has 174 valence electrons. The quantitative estimate of drug-likeness (QED) is 0.639. The van der Waals surface area contributed by atoms with Gasteiger partial charge in [-0.1, -0.05) is 39.0 Å². The highest BCUT2D eigenvalue weighted by Crippen LogP contribution is 2.32. The molecule has 0 aromatic heterocycles. The minimum atomic E-state index is -3.70. The van der Waals surface area contributed by atoms with Gasteiger partial charge in [0.15, 0.2) is 6.61 Å². The fourth-order valence-corrected chi connectivity index (χ4v) is 5.36. The number of hydrogen-bond donors (Lipinski definition) is 1. The molecule has 1 saturated heterocycles. The minimum absolute atomic E-state index is 0.0676. The smallest absolute Gasteiger partial charge is 0.262 e. The van der Waals surface area contributed by atoms with Gasteiger partial charge in [-0.3, -0.25) is 4.79 Å². The van der Waals surface area contributed by atoms with E-state index >= 15 is 0 Å². The summed E-state index contributed by atoms with van der Waals surface area (Å²) < 4.78 is 39.0. The number of nitrogens with one attached hydrogen (secondary N) is 1. The van der Waals surface area contributed by atoms with Crippen LogP contribution in [0.25, 0.3) is 0 Å². The van der Waals surface area contributed by atoms with Gasteiger partial charge in [0.25, 0.3) is 5.91 Å². The van der Waals surface area contributed by atoms with Gasteiger partial charge in [-0.2, -0.15) is 4.31 Å². The number of benzene rings is 2. The molecule has 2 aromatic carbocycles. The molecule has 0 bridgehead atoms. The van der Waals surface area contributed by atoms with E-state index < -0.39 is 10.0 Å². The van der Waals surface area contributed by atoms with Gasteiger partial charge < -0.3 is 14.8 Å². The molecule has 1 aliphatic heterocycles. The predicted molar refractivity (Wildman–Crippen MR) is 125 cm³/mol. The van der Waals surface area contributed by atoms with Crippen molar-refractivity contribution in [1.29, 1.82) is 0 Å². The lowest BCUT2D eigenvalue weighted by Crippen LogP contribution is -2.28. The first kappa shape index (κ1) is 24.1. The average Bonchev–Trinajstić information content (AvgIpc) is 3.29. The number of carbonyl (C=O) groups excluding carboxylic acids is 1. The number of sulfonamides is 1. The molecule has 32 heavy (non-hydrogen) atoms. The Labute approximate surface area is 190 Å². The number of amides is 1. The molecule has 8 heteroatoms. The first-order valence-electron chi connectivity index (χ1n) is 10.9. The van der Waals surface area contributed by atoms with Crippen molar-refractivity contribution in [3.63, 3.8) is 0 Å². The summed E-state index contributed by atoms with van der Waals surface area (Å²) in [5, 5.41) is 2.74. The maximum absolute atomic E-state index is 13.1. The third kappa shape index (κ3) is 5.61. The molecule has 1 heterocycles. The second kappa shape index (κ2) is 9.92. The van der Waals surface area contributed by atoms with Crippen molar-refractivity contribution in [1.82, 2.24) is 4.31 Å². The maximum Gasteiger partial charge on any atom is 0.262 e. The molecule has 0 saturated carbocycles. The lowest BCUT2D eigenvalue weighted by Gasteiger charge is -2.22.